The number of rotatable bonds is 6. The Morgan fingerprint density at radius 1 is 1.16 bits per heavy atom. The van der Waals surface area contributed by atoms with Crippen LogP contribution in [0.4, 0.5) is 0 Å². The van der Waals surface area contributed by atoms with Gasteiger partial charge in [0.05, 0.1) is 11.4 Å². The van der Waals surface area contributed by atoms with Crippen LogP contribution in [0, 0.1) is 5.92 Å². The molecule has 4 unspecified atom stereocenters. The van der Waals surface area contributed by atoms with Crippen molar-refractivity contribution in [1.29, 1.82) is 0 Å². The minimum atomic E-state index is -2.90. The molecule has 0 radical (unpaired) electrons. The summed E-state index contributed by atoms with van der Waals surface area (Å²) in [5.41, 5.74) is 0. The van der Waals surface area contributed by atoms with Crippen molar-refractivity contribution < 1.29 is 13.2 Å². The standard InChI is InChI=1S/C17H33N3O3S2/c1-23-17-19-15(12-5-7-14(8-6-12)25(2,21)22)10-16(20-17)18-11-13-4-3-9-24-13/h12-20H,3-11H2,1-2H3. The van der Waals surface area contributed by atoms with Gasteiger partial charge in [-0.15, -0.1) is 0 Å². The van der Waals surface area contributed by atoms with Crippen molar-refractivity contribution in [3.05, 3.63) is 0 Å². The van der Waals surface area contributed by atoms with E-state index < -0.39 is 9.84 Å². The molecule has 3 aliphatic rings. The molecule has 4 atom stereocenters. The number of thioether (sulfide) groups is 1. The molecule has 0 aromatic heterocycles. The summed E-state index contributed by atoms with van der Waals surface area (Å²) in [4.78, 5) is 0. The average molecular weight is 392 g/mol. The quantitative estimate of drug-likeness (QED) is 0.629. The second kappa shape index (κ2) is 8.89. The molecular weight excluding hydrogens is 358 g/mol. The molecule has 0 bridgehead atoms. The van der Waals surface area contributed by atoms with Gasteiger partial charge in [-0.1, -0.05) is 0 Å². The van der Waals surface area contributed by atoms with E-state index in [2.05, 4.69) is 27.7 Å². The van der Waals surface area contributed by atoms with Crippen LogP contribution in [0.25, 0.3) is 0 Å². The maximum atomic E-state index is 11.8. The van der Waals surface area contributed by atoms with Gasteiger partial charge in [0.25, 0.3) is 0 Å². The fraction of sp³-hybridized carbons (Fsp3) is 1.00. The Morgan fingerprint density at radius 2 is 1.92 bits per heavy atom. The minimum Gasteiger partial charge on any atom is -0.353 e. The van der Waals surface area contributed by atoms with Crippen LogP contribution in [-0.2, 0) is 14.6 Å². The number of methoxy groups -OCH3 is 1. The normalized spacial score (nSPS) is 40.2. The van der Waals surface area contributed by atoms with E-state index in [-0.39, 0.29) is 17.8 Å². The molecule has 1 saturated carbocycles. The van der Waals surface area contributed by atoms with Crippen molar-refractivity contribution in [3.63, 3.8) is 0 Å². The third-order valence-corrected chi connectivity index (χ3v) is 9.03. The lowest BCUT2D eigenvalue weighted by atomic mass is 9.81. The van der Waals surface area contributed by atoms with E-state index in [0.29, 0.717) is 12.0 Å². The van der Waals surface area contributed by atoms with Crippen molar-refractivity contribution in [3.8, 4) is 0 Å². The maximum Gasteiger partial charge on any atom is 0.164 e. The van der Waals surface area contributed by atoms with Crippen LogP contribution in [0.1, 0.15) is 44.9 Å². The summed E-state index contributed by atoms with van der Waals surface area (Å²) in [5, 5.41) is 11.3. The van der Waals surface area contributed by atoms with E-state index >= 15 is 0 Å². The van der Waals surface area contributed by atoms with Crippen LogP contribution in [0.15, 0.2) is 0 Å². The van der Waals surface area contributed by atoms with E-state index in [9.17, 15) is 8.42 Å². The molecule has 3 rings (SSSR count). The third-order valence-electron chi connectivity index (χ3n) is 5.95. The Kier molecular flexibility index (Phi) is 7.07. The lowest BCUT2D eigenvalue weighted by Crippen LogP contribution is -2.65. The van der Waals surface area contributed by atoms with E-state index in [4.69, 9.17) is 4.74 Å². The second-order valence-corrected chi connectivity index (χ2v) is 11.5. The largest absolute Gasteiger partial charge is 0.353 e. The van der Waals surface area contributed by atoms with Crippen molar-refractivity contribution in [1.82, 2.24) is 16.0 Å². The Hall–Kier alpha value is 0.140. The van der Waals surface area contributed by atoms with E-state index in [1.54, 1.807) is 7.11 Å². The number of hydrogen-bond donors (Lipinski definition) is 3. The first-order chi connectivity index (χ1) is 12.0. The van der Waals surface area contributed by atoms with E-state index in [0.717, 1.165) is 43.9 Å². The first kappa shape index (κ1) is 19.9. The van der Waals surface area contributed by atoms with Crippen LogP contribution < -0.4 is 16.0 Å². The van der Waals surface area contributed by atoms with Crippen molar-refractivity contribution in [2.75, 3.05) is 25.7 Å². The van der Waals surface area contributed by atoms with Crippen LogP contribution in [0.2, 0.25) is 0 Å². The Bertz CT molecular complexity index is 517. The summed E-state index contributed by atoms with van der Waals surface area (Å²) in [7, 11) is -1.18. The van der Waals surface area contributed by atoms with Gasteiger partial charge in [0, 0.05) is 31.2 Å². The number of sulfone groups is 1. The fourth-order valence-electron chi connectivity index (χ4n) is 4.42. The van der Waals surface area contributed by atoms with Gasteiger partial charge in [-0.05, 0) is 56.6 Å². The van der Waals surface area contributed by atoms with Crippen molar-refractivity contribution >= 4 is 21.6 Å². The molecule has 146 valence electrons. The molecule has 3 fully saturated rings. The van der Waals surface area contributed by atoms with Gasteiger partial charge in [-0.25, -0.2) is 8.42 Å². The SMILES string of the molecule is COC1NC(NCC2CCCS2)CC(C2CCC(S(C)(=O)=O)CC2)N1. The van der Waals surface area contributed by atoms with Gasteiger partial charge in [-0.3, -0.25) is 10.6 Å². The Labute approximate surface area is 156 Å². The van der Waals surface area contributed by atoms with E-state index in [1.807, 2.05) is 0 Å². The van der Waals surface area contributed by atoms with Crippen LogP contribution in [-0.4, -0.2) is 63.1 Å². The zero-order valence-corrected chi connectivity index (χ0v) is 17.0. The monoisotopic (exact) mass is 391 g/mol. The second-order valence-electron chi connectivity index (χ2n) is 7.75. The molecule has 2 heterocycles. The van der Waals surface area contributed by atoms with Gasteiger partial charge in [-0.2, -0.15) is 11.8 Å². The predicted octanol–water partition coefficient (Wildman–Crippen LogP) is 1.28. The highest BCUT2D eigenvalue weighted by Crippen LogP contribution is 2.32. The van der Waals surface area contributed by atoms with Crippen LogP contribution in [0.3, 0.4) is 0 Å². The molecule has 0 spiro atoms. The molecule has 0 aromatic rings. The van der Waals surface area contributed by atoms with Gasteiger partial charge in [0.2, 0.25) is 0 Å². The molecule has 0 aromatic carbocycles. The molecule has 6 nitrogen and oxygen atoms in total. The van der Waals surface area contributed by atoms with Crippen molar-refractivity contribution in [2.24, 2.45) is 5.92 Å². The lowest BCUT2D eigenvalue weighted by molar-refractivity contribution is -0.0159. The van der Waals surface area contributed by atoms with Gasteiger partial charge >= 0.3 is 0 Å². The highest BCUT2D eigenvalue weighted by Gasteiger charge is 2.36. The van der Waals surface area contributed by atoms with E-state index in [1.165, 1.54) is 24.9 Å². The summed E-state index contributed by atoms with van der Waals surface area (Å²) in [6.07, 6.45) is 8.72. The molecule has 1 aliphatic carbocycles. The zero-order chi connectivity index (χ0) is 17.9. The highest BCUT2D eigenvalue weighted by atomic mass is 32.2. The summed E-state index contributed by atoms with van der Waals surface area (Å²) in [6, 6.07) is 0.375. The summed E-state index contributed by atoms with van der Waals surface area (Å²) >= 11 is 2.07. The van der Waals surface area contributed by atoms with Crippen LogP contribution in [0.5, 0.6) is 0 Å². The van der Waals surface area contributed by atoms with Gasteiger partial charge in [0.15, 0.2) is 6.35 Å². The van der Waals surface area contributed by atoms with Gasteiger partial charge < -0.3 is 10.1 Å². The number of ether oxygens (including phenoxy) is 1. The first-order valence-corrected chi connectivity index (χ1v) is 12.5. The molecule has 2 aliphatic heterocycles. The number of nitrogens with one attached hydrogen (secondary N) is 3. The predicted molar refractivity (Wildman–Crippen MR) is 103 cm³/mol. The summed E-state index contributed by atoms with van der Waals surface area (Å²) in [6.45, 7) is 1.05. The molecule has 3 N–H and O–H groups in total. The fourth-order valence-corrected chi connectivity index (χ4v) is 6.76. The third kappa shape index (κ3) is 5.56. The average Bonchev–Trinajstić information content (AvgIpc) is 3.12. The maximum absolute atomic E-state index is 11.8. The first-order valence-electron chi connectivity index (χ1n) is 9.54. The molecule has 25 heavy (non-hydrogen) atoms. The zero-order valence-electron chi connectivity index (χ0n) is 15.4. The summed E-state index contributed by atoms with van der Waals surface area (Å²) in [5.74, 6) is 1.82. The Balaban J connectivity index is 1.51. The Morgan fingerprint density at radius 3 is 2.52 bits per heavy atom. The minimum absolute atomic E-state index is 0.139. The van der Waals surface area contributed by atoms with Crippen molar-refractivity contribution in [2.45, 2.75) is 74.0 Å². The molecule has 0 amide bonds. The van der Waals surface area contributed by atoms with Gasteiger partial charge in [0.1, 0.15) is 9.84 Å². The lowest BCUT2D eigenvalue weighted by Gasteiger charge is -2.42. The topological polar surface area (TPSA) is 79.5 Å². The van der Waals surface area contributed by atoms with Crippen LogP contribution >= 0.6 is 11.8 Å². The molecular formula is C17H33N3O3S2. The number of hydrogen-bond acceptors (Lipinski definition) is 7. The highest BCUT2D eigenvalue weighted by molar-refractivity contribution is 8.00. The molecule has 2 saturated heterocycles. The molecule has 8 heteroatoms. The summed E-state index contributed by atoms with van der Waals surface area (Å²) < 4.78 is 29.1. The smallest absolute Gasteiger partial charge is 0.164 e.